The minimum Gasteiger partial charge on any atom is -0.481 e. The average molecular weight is 320 g/mol. The standard InChI is InChI=1S/C17H18ClNO3/c1-11(20)13-4-3-5-15(10-13)19-17(21)12(2)22-16-8-6-14(18)7-9-16/h3-12,20H,1-2H3,(H,19,21). The summed E-state index contributed by atoms with van der Waals surface area (Å²) in [7, 11) is 0. The van der Waals surface area contributed by atoms with E-state index in [2.05, 4.69) is 5.32 Å². The third-order valence-corrected chi connectivity index (χ3v) is 3.38. The van der Waals surface area contributed by atoms with Gasteiger partial charge < -0.3 is 15.2 Å². The van der Waals surface area contributed by atoms with Crippen molar-refractivity contribution in [3.05, 3.63) is 59.1 Å². The molecule has 0 aromatic heterocycles. The first kappa shape index (κ1) is 16.3. The van der Waals surface area contributed by atoms with Crippen molar-refractivity contribution < 1.29 is 14.6 Å². The Morgan fingerprint density at radius 2 is 1.86 bits per heavy atom. The molecule has 0 bridgehead atoms. The third-order valence-electron chi connectivity index (χ3n) is 3.13. The van der Waals surface area contributed by atoms with Gasteiger partial charge in [-0.2, -0.15) is 0 Å². The summed E-state index contributed by atoms with van der Waals surface area (Å²) in [6.07, 6.45) is -1.24. The number of nitrogens with one attached hydrogen (secondary N) is 1. The predicted molar refractivity (Wildman–Crippen MR) is 87.2 cm³/mol. The summed E-state index contributed by atoms with van der Waals surface area (Å²) in [5, 5.41) is 12.9. The van der Waals surface area contributed by atoms with Crippen LogP contribution in [0.1, 0.15) is 25.5 Å². The van der Waals surface area contributed by atoms with Crippen molar-refractivity contribution in [2.24, 2.45) is 0 Å². The molecule has 0 saturated heterocycles. The first-order valence-electron chi connectivity index (χ1n) is 6.97. The van der Waals surface area contributed by atoms with E-state index in [0.717, 1.165) is 5.56 Å². The molecular weight excluding hydrogens is 302 g/mol. The summed E-state index contributed by atoms with van der Waals surface area (Å²) in [6, 6.07) is 13.9. The molecule has 0 aliphatic carbocycles. The molecule has 0 aliphatic rings. The van der Waals surface area contributed by atoms with E-state index in [1.54, 1.807) is 62.4 Å². The summed E-state index contributed by atoms with van der Waals surface area (Å²) < 4.78 is 5.56. The van der Waals surface area contributed by atoms with Crippen molar-refractivity contribution in [2.45, 2.75) is 26.1 Å². The molecule has 2 aromatic rings. The Labute approximate surface area is 134 Å². The van der Waals surface area contributed by atoms with E-state index in [1.165, 1.54) is 0 Å². The van der Waals surface area contributed by atoms with Gasteiger partial charge in [0.15, 0.2) is 6.10 Å². The van der Waals surface area contributed by atoms with Crippen molar-refractivity contribution in [3.63, 3.8) is 0 Å². The van der Waals surface area contributed by atoms with Crippen LogP contribution in [0.4, 0.5) is 5.69 Å². The number of benzene rings is 2. The predicted octanol–water partition coefficient (Wildman–Crippen LogP) is 3.80. The van der Waals surface area contributed by atoms with Crippen molar-refractivity contribution in [3.8, 4) is 5.75 Å². The number of rotatable bonds is 5. The number of carbonyl (C=O) groups is 1. The quantitative estimate of drug-likeness (QED) is 0.881. The van der Waals surface area contributed by atoms with E-state index in [1.807, 2.05) is 0 Å². The summed E-state index contributed by atoms with van der Waals surface area (Å²) in [5.74, 6) is 0.308. The van der Waals surface area contributed by atoms with Gasteiger partial charge in [-0.25, -0.2) is 0 Å². The molecule has 2 aromatic carbocycles. The van der Waals surface area contributed by atoms with Crippen molar-refractivity contribution in [1.29, 1.82) is 0 Å². The molecule has 0 spiro atoms. The van der Waals surface area contributed by atoms with Crippen LogP contribution in [0.2, 0.25) is 5.02 Å². The van der Waals surface area contributed by atoms with Gasteiger partial charge in [-0.3, -0.25) is 4.79 Å². The van der Waals surface area contributed by atoms with Crippen LogP contribution in [0.15, 0.2) is 48.5 Å². The number of aliphatic hydroxyl groups is 1. The van der Waals surface area contributed by atoms with Crippen LogP contribution in [0.5, 0.6) is 5.75 Å². The van der Waals surface area contributed by atoms with Crippen molar-refractivity contribution in [2.75, 3.05) is 5.32 Å². The maximum Gasteiger partial charge on any atom is 0.265 e. The number of ether oxygens (including phenoxy) is 1. The zero-order valence-corrected chi connectivity index (χ0v) is 13.2. The van der Waals surface area contributed by atoms with Gasteiger partial charge in [-0.1, -0.05) is 23.7 Å². The van der Waals surface area contributed by atoms with Crippen molar-refractivity contribution in [1.82, 2.24) is 0 Å². The molecule has 22 heavy (non-hydrogen) atoms. The third kappa shape index (κ3) is 4.48. The second-order valence-electron chi connectivity index (χ2n) is 5.00. The van der Waals surface area contributed by atoms with Gasteiger partial charge >= 0.3 is 0 Å². The van der Waals surface area contributed by atoms with Crippen LogP contribution in [-0.4, -0.2) is 17.1 Å². The highest BCUT2D eigenvalue weighted by atomic mass is 35.5. The number of amides is 1. The Morgan fingerprint density at radius 1 is 1.18 bits per heavy atom. The molecule has 0 saturated carbocycles. The zero-order valence-electron chi connectivity index (χ0n) is 12.4. The van der Waals surface area contributed by atoms with Crippen LogP contribution in [0, 0.1) is 0 Å². The zero-order chi connectivity index (χ0) is 16.1. The maximum atomic E-state index is 12.1. The molecule has 5 heteroatoms. The summed E-state index contributed by atoms with van der Waals surface area (Å²) >= 11 is 5.80. The fourth-order valence-electron chi connectivity index (χ4n) is 1.89. The molecule has 1 amide bonds. The molecule has 0 heterocycles. The van der Waals surface area contributed by atoms with Gasteiger partial charge in [0.1, 0.15) is 5.75 Å². The van der Waals surface area contributed by atoms with Gasteiger partial charge in [-0.05, 0) is 55.8 Å². The number of hydrogen-bond acceptors (Lipinski definition) is 3. The van der Waals surface area contributed by atoms with Gasteiger partial charge in [0.25, 0.3) is 5.91 Å². The second kappa shape index (κ2) is 7.29. The largest absolute Gasteiger partial charge is 0.481 e. The normalized spacial score (nSPS) is 13.3. The van der Waals surface area contributed by atoms with E-state index in [0.29, 0.717) is 16.5 Å². The van der Waals surface area contributed by atoms with E-state index in [9.17, 15) is 9.90 Å². The molecule has 2 unspecified atom stereocenters. The molecule has 2 atom stereocenters. The monoisotopic (exact) mass is 319 g/mol. The number of hydrogen-bond donors (Lipinski definition) is 2. The fourth-order valence-corrected chi connectivity index (χ4v) is 2.02. The van der Waals surface area contributed by atoms with Gasteiger partial charge in [0.2, 0.25) is 0 Å². The maximum absolute atomic E-state index is 12.1. The average Bonchev–Trinajstić information content (AvgIpc) is 2.49. The second-order valence-corrected chi connectivity index (χ2v) is 5.44. The molecule has 2 rings (SSSR count). The van der Waals surface area contributed by atoms with Crippen LogP contribution in [-0.2, 0) is 4.79 Å². The van der Waals surface area contributed by atoms with E-state index in [-0.39, 0.29) is 5.91 Å². The molecular formula is C17H18ClNO3. The molecule has 2 N–H and O–H groups in total. The van der Waals surface area contributed by atoms with Gasteiger partial charge in [0, 0.05) is 10.7 Å². The Morgan fingerprint density at radius 3 is 2.50 bits per heavy atom. The van der Waals surface area contributed by atoms with Crippen LogP contribution >= 0.6 is 11.6 Å². The molecule has 0 radical (unpaired) electrons. The summed E-state index contributed by atoms with van der Waals surface area (Å²) in [4.78, 5) is 12.1. The minimum atomic E-state index is -0.656. The highest BCUT2D eigenvalue weighted by Crippen LogP contribution is 2.19. The van der Waals surface area contributed by atoms with Crippen molar-refractivity contribution >= 4 is 23.2 Å². The van der Waals surface area contributed by atoms with Crippen LogP contribution in [0.25, 0.3) is 0 Å². The Balaban J connectivity index is 1.99. The van der Waals surface area contributed by atoms with Crippen LogP contribution in [0.3, 0.4) is 0 Å². The molecule has 0 fully saturated rings. The van der Waals surface area contributed by atoms with Gasteiger partial charge in [0.05, 0.1) is 6.10 Å². The molecule has 0 aliphatic heterocycles. The SMILES string of the molecule is CC(Oc1ccc(Cl)cc1)C(=O)Nc1cccc(C(C)O)c1. The van der Waals surface area contributed by atoms with Crippen LogP contribution < -0.4 is 10.1 Å². The Hall–Kier alpha value is -2.04. The fraction of sp³-hybridized carbons (Fsp3) is 0.235. The highest BCUT2D eigenvalue weighted by molar-refractivity contribution is 6.30. The lowest BCUT2D eigenvalue weighted by molar-refractivity contribution is -0.122. The lowest BCUT2D eigenvalue weighted by Gasteiger charge is -2.15. The Kier molecular flexibility index (Phi) is 5.41. The van der Waals surface area contributed by atoms with E-state index in [4.69, 9.17) is 16.3 Å². The highest BCUT2D eigenvalue weighted by Gasteiger charge is 2.15. The van der Waals surface area contributed by atoms with Gasteiger partial charge in [-0.15, -0.1) is 0 Å². The first-order valence-corrected chi connectivity index (χ1v) is 7.34. The minimum absolute atomic E-state index is 0.266. The molecule has 4 nitrogen and oxygen atoms in total. The summed E-state index contributed by atoms with van der Waals surface area (Å²) in [6.45, 7) is 3.34. The number of anilines is 1. The lowest BCUT2D eigenvalue weighted by atomic mass is 10.1. The topological polar surface area (TPSA) is 58.6 Å². The smallest absolute Gasteiger partial charge is 0.265 e. The van der Waals surface area contributed by atoms with E-state index < -0.39 is 12.2 Å². The number of carbonyl (C=O) groups excluding carboxylic acids is 1. The number of halogens is 1. The Bertz CT molecular complexity index is 641. The molecule has 116 valence electrons. The van der Waals surface area contributed by atoms with E-state index >= 15 is 0 Å². The lowest BCUT2D eigenvalue weighted by Crippen LogP contribution is -2.30. The number of aliphatic hydroxyl groups excluding tert-OH is 1. The first-order chi connectivity index (χ1) is 10.5. The summed E-state index contributed by atoms with van der Waals surface area (Å²) in [5.41, 5.74) is 1.36.